The summed E-state index contributed by atoms with van der Waals surface area (Å²) in [6.45, 7) is 12.9. The van der Waals surface area contributed by atoms with Gasteiger partial charge in [0, 0.05) is 18.5 Å². The third-order valence-corrected chi connectivity index (χ3v) is 3.51. The lowest BCUT2D eigenvalue weighted by molar-refractivity contribution is 0.286. The number of aliphatic hydroxyl groups is 1. The van der Waals surface area contributed by atoms with Gasteiger partial charge in [0.25, 0.3) is 0 Å². The van der Waals surface area contributed by atoms with Gasteiger partial charge in [-0.15, -0.1) is 0 Å². The molecule has 1 rings (SSSR count). The van der Waals surface area contributed by atoms with Crippen LogP contribution in [-0.2, 0) is 5.41 Å². The lowest BCUT2D eigenvalue weighted by Crippen LogP contribution is -2.35. The fourth-order valence-electron chi connectivity index (χ4n) is 2.30. The highest BCUT2D eigenvalue weighted by Crippen LogP contribution is 2.28. The van der Waals surface area contributed by atoms with Crippen LogP contribution in [0.4, 0.5) is 0 Å². The highest BCUT2D eigenvalue weighted by atomic mass is 16.3. The molecule has 0 saturated heterocycles. The summed E-state index contributed by atoms with van der Waals surface area (Å²) in [5, 5.41) is 12.1. The van der Waals surface area contributed by atoms with Gasteiger partial charge in [-0.05, 0) is 29.5 Å². The Hall–Kier alpha value is -0.860. The van der Waals surface area contributed by atoms with Crippen molar-refractivity contribution in [2.75, 3.05) is 19.7 Å². The van der Waals surface area contributed by atoms with Crippen molar-refractivity contribution in [3.05, 3.63) is 34.9 Å². The molecule has 102 valence electrons. The van der Waals surface area contributed by atoms with E-state index in [1.165, 1.54) is 16.7 Å². The molecule has 0 saturated carbocycles. The topological polar surface area (TPSA) is 32.3 Å². The fourth-order valence-corrected chi connectivity index (χ4v) is 2.30. The molecule has 2 N–H and O–H groups in total. The van der Waals surface area contributed by atoms with Gasteiger partial charge in [-0.3, -0.25) is 0 Å². The first kappa shape index (κ1) is 15.2. The first-order valence-electron chi connectivity index (χ1n) is 6.81. The zero-order chi connectivity index (χ0) is 13.8. The minimum absolute atomic E-state index is 0.0875. The van der Waals surface area contributed by atoms with Crippen LogP contribution in [-0.4, -0.2) is 24.8 Å². The Balaban J connectivity index is 2.95. The van der Waals surface area contributed by atoms with E-state index in [4.69, 9.17) is 5.11 Å². The molecule has 0 fully saturated rings. The molecule has 1 aromatic rings. The normalized spacial score (nSPS) is 12.2. The van der Waals surface area contributed by atoms with Gasteiger partial charge in [0.15, 0.2) is 0 Å². The largest absolute Gasteiger partial charge is 0.395 e. The Morgan fingerprint density at radius 1 is 1.28 bits per heavy atom. The highest BCUT2D eigenvalue weighted by Gasteiger charge is 2.22. The maximum absolute atomic E-state index is 8.84. The number of hydrogen-bond acceptors (Lipinski definition) is 2. The van der Waals surface area contributed by atoms with Crippen LogP contribution in [0.2, 0.25) is 0 Å². The number of aryl methyl sites for hydroxylation is 1. The SMILES string of the molecule is Cc1ccc(C(C)C)cc1C(C)(C)CNCCO. The summed E-state index contributed by atoms with van der Waals surface area (Å²) in [7, 11) is 0. The van der Waals surface area contributed by atoms with Crippen LogP contribution in [0, 0.1) is 6.92 Å². The number of aliphatic hydroxyl groups excluding tert-OH is 1. The molecule has 0 unspecified atom stereocenters. The highest BCUT2D eigenvalue weighted by molar-refractivity contribution is 5.37. The minimum atomic E-state index is 0.0875. The Labute approximate surface area is 111 Å². The summed E-state index contributed by atoms with van der Waals surface area (Å²) in [4.78, 5) is 0. The van der Waals surface area contributed by atoms with E-state index < -0.39 is 0 Å². The molecule has 0 radical (unpaired) electrons. The van der Waals surface area contributed by atoms with E-state index in [1.807, 2.05) is 0 Å². The van der Waals surface area contributed by atoms with Crippen molar-refractivity contribution in [1.82, 2.24) is 5.32 Å². The van der Waals surface area contributed by atoms with Crippen molar-refractivity contribution in [2.24, 2.45) is 0 Å². The summed E-state index contributed by atoms with van der Waals surface area (Å²) in [5.41, 5.74) is 4.23. The predicted molar refractivity (Wildman–Crippen MR) is 78.2 cm³/mol. The van der Waals surface area contributed by atoms with Crippen LogP contribution in [0.5, 0.6) is 0 Å². The molecule has 1 aromatic carbocycles. The van der Waals surface area contributed by atoms with Crippen LogP contribution in [0.3, 0.4) is 0 Å². The van der Waals surface area contributed by atoms with Gasteiger partial charge in [-0.25, -0.2) is 0 Å². The predicted octanol–water partition coefficient (Wildman–Crippen LogP) is 2.98. The van der Waals surface area contributed by atoms with Crippen LogP contribution >= 0.6 is 0 Å². The van der Waals surface area contributed by atoms with Gasteiger partial charge < -0.3 is 10.4 Å². The molecule has 0 aliphatic heterocycles. The molecule has 0 spiro atoms. The number of nitrogens with one attached hydrogen (secondary N) is 1. The Bertz CT molecular complexity index is 383. The quantitative estimate of drug-likeness (QED) is 0.760. The van der Waals surface area contributed by atoms with Gasteiger partial charge >= 0.3 is 0 Å². The van der Waals surface area contributed by atoms with Gasteiger partial charge in [-0.1, -0.05) is 45.9 Å². The summed E-state index contributed by atoms with van der Waals surface area (Å²) in [6.07, 6.45) is 0. The molecule has 18 heavy (non-hydrogen) atoms. The molecule has 0 bridgehead atoms. The summed E-state index contributed by atoms with van der Waals surface area (Å²) in [5.74, 6) is 0.561. The van der Waals surface area contributed by atoms with E-state index in [0.717, 1.165) is 6.54 Å². The van der Waals surface area contributed by atoms with E-state index in [-0.39, 0.29) is 12.0 Å². The van der Waals surface area contributed by atoms with Crippen molar-refractivity contribution >= 4 is 0 Å². The van der Waals surface area contributed by atoms with Crippen molar-refractivity contribution in [3.63, 3.8) is 0 Å². The fraction of sp³-hybridized carbons (Fsp3) is 0.625. The molecule has 2 nitrogen and oxygen atoms in total. The maximum Gasteiger partial charge on any atom is 0.0555 e. The average molecular weight is 249 g/mol. The van der Waals surface area contributed by atoms with Crippen molar-refractivity contribution in [1.29, 1.82) is 0 Å². The number of rotatable bonds is 6. The molecule has 0 aliphatic rings. The minimum Gasteiger partial charge on any atom is -0.395 e. The molecule has 0 heterocycles. The summed E-state index contributed by atoms with van der Waals surface area (Å²) >= 11 is 0. The molecular weight excluding hydrogens is 222 g/mol. The van der Waals surface area contributed by atoms with Gasteiger partial charge in [-0.2, -0.15) is 0 Å². The Kier molecular flexibility index (Phi) is 5.36. The maximum atomic E-state index is 8.84. The van der Waals surface area contributed by atoms with Crippen LogP contribution < -0.4 is 5.32 Å². The summed E-state index contributed by atoms with van der Waals surface area (Å²) < 4.78 is 0. The first-order valence-corrected chi connectivity index (χ1v) is 6.81. The Morgan fingerprint density at radius 3 is 2.50 bits per heavy atom. The van der Waals surface area contributed by atoms with Gasteiger partial charge in [0.1, 0.15) is 0 Å². The second-order valence-corrected chi connectivity index (χ2v) is 6.01. The van der Waals surface area contributed by atoms with Crippen LogP contribution in [0.25, 0.3) is 0 Å². The van der Waals surface area contributed by atoms with Crippen LogP contribution in [0.15, 0.2) is 18.2 Å². The smallest absolute Gasteiger partial charge is 0.0555 e. The molecule has 2 heteroatoms. The second-order valence-electron chi connectivity index (χ2n) is 6.01. The summed E-state index contributed by atoms with van der Waals surface area (Å²) in [6, 6.07) is 6.78. The van der Waals surface area contributed by atoms with Gasteiger partial charge in [0.05, 0.1) is 6.61 Å². The first-order chi connectivity index (χ1) is 8.38. The monoisotopic (exact) mass is 249 g/mol. The standard InChI is InChI=1S/C16H27NO/c1-12(2)14-7-6-13(3)15(10-14)16(4,5)11-17-8-9-18/h6-7,10,12,17-18H,8-9,11H2,1-5H3. The zero-order valence-electron chi connectivity index (χ0n) is 12.4. The lowest BCUT2D eigenvalue weighted by Gasteiger charge is -2.28. The van der Waals surface area contributed by atoms with E-state index in [2.05, 4.69) is 58.1 Å². The van der Waals surface area contributed by atoms with Crippen molar-refractivity contribution in [2.45, 2.75) is 46.0 Å². The average Bonchev–Trinajstić information content (AvgIpc) is 2.29. The number of benzene rings is 1. The molecule has 0 atom stereocenters. The molecule has 0 aliphatic carbocycles. The third-order valence-electron chi connectivity index (χ3n) is 3.51. The molecule has 0 amide bonds. The van der Waals surface area contributed by atoms with E-state index in [9.17, 15) is 0 Å². The van der Waals surface area contributed by atoms with E-state index in [0.29, 0.717) is 12.5 Å². The second kappa shape index (κ2) is 6.35. The van der Waals surface area contributed by atoms with Crippen molar-refractivity contribution < 1.29 is 5.11 Å². The molecule has 0 aromatic heterocycles. The van der Waals surface area contributed by atoms with E-state index >= 15 is 0 Å². The lowest BCUT2D eigenvalue weighted by atomic mass is 9.80. The number of hydrogen-bond donors (Lipinski definition) is 2. The van der Waals surface area contributed by atoms with Crippen molar-refractivity contribution in [3.8, 4) is 0 Å². The zero-order valence-corrected chi connectivity index (χ0v) is 12.4. The Morgan fingerprint density at radius 2 is 1.94 bits per heavy atom. The van der Waals surface area contributed by atoms with Crippen LogP contribution in [0.1, 0.15) is 50.3 Å². The third kappa shape index (κ3) is 3.82. The van der Waals surface area contributed by atoms with E-state index in [1.54, 1.807) is 0 Å². The van der Waals surface area contributed by atoms with Gasteiger partial charge in [0.2, 0.25) is 0 Å². The molecular formula is C16H27NO.